The molecule has 0 aliphatic heterocycles. The van der Waals surface area contributed by atoms with E-state index in [4.69, 9.17) is 0 Å². The summed E-state index contributed by atoms with van der Waals surface area (Å²) in [5, 5.41) is 0. The average molecular weight is 450 g/mol. The number of hydrogen-bond donors (Lipinski definition) is 0. The minimum Gasteiger partial charge on any atom is -0.179 e. The fourth-order valence-electron chi connectivity index (χ4n) is 4.64. The summed E-state index contributed by atoms with van der Waals surface area (Å²) in [6.45, 7) is 4.50. The van der Waals surface area contributed by atoms with E-state index in [0.717, 1.165) is 0 Å². The van der Waals surface area contributed by atoms with Crippen LogP contribution in [0.5, 0.6) is 0 Å². The molecule has 0 bridgehead atoms. The molecule has 0 nitrogen and oxygen atoms in total. The molecule has 4 aromatic carbocycles. The van der Waals surface area contributed by atoms with Crippen molar-refractivity contribution in [2.45, 2.75) is 25.7 Å². The summed E-state index contributed by atoms with van der Waals surface area (Å²) in [4.78, 5) is 0. The molecule has 2 aliphatic carbocycles. The van der Waals surface area contributed by atoms with E-state index in [1.54, 1.807) is 0 Å². The molecule has 0 N–H and O–H groups in total. The molecule has 0 saturated heterocycles. The third-order valence-electron chi connectivity index (χ3n) is 6.08. The van der Waals surface area contributed by atoms with Gasteiger partial charge in [-0.3, -0.25) is 0 Å². The molecule has 0 heterocycles. The summed E-state index contributed by atoms with van der Waals surface area (Å²) in [7, 11) is 0. The molecule has 0 aromatic heterocycles. The normalized spacial score (nSPS) is 17.0. The van der Waals surface area contributed by atoms with E-state index >= 15 is 0 Å². The van der Waals surface area contributed by atoms with Crippen molar-refractivity contribution < 1.29 is 26.2 Å². The van der Waals surface area contributed by atoms with Gasteiger partial charge >= 0.3 is 26.2 Å². The van der Waals surface area contributed by atoms with Crippen LogP contribution < -0.4 is 0 Å². The topological polar surface area (TPSA) is 0 Å². The molecule has 2 aliphatic rings. The Hall–Kier alpha value is -2.24. The first-order valence-electron chi connectivity index (χ1n) is 9.95. The maximum absolute atomic E-state index is 3.35. The van der Waals surface area contributed by atoms with Gasteiger partial charge in [-0.2, -0.15) is 48.5 Å². The zero-order valence-corrected chi connectivity index (χ0v) is 19.2. The first-order valence-corrected chi connectivity index (χ1v) is 9.95. The number of benzene rings is 4. The molecule has 1 heteroatoms. The molecule has 0 spiro atoms. The largest absolute Gasteiger partial charge is 2.00 e. The van der Waals surface area contributed by atoms with Crippen LogP contribution in [0.4, 0.5) is 0 Å². The maximum Gasteiger partial charge on any atom is 2.00 e. The van der Waals surface area contributed by atoms with Gasteiger partial charge in [0.1, 0.15) is 0 Å². The van der Waals surface area contributed by atoms with Gasteiger partial charge in [0.15, 0.2) is 0 Å². The third kappa shape index (κ3) is 3.36. The van der Waals surface area contributed by atoms with Gasteiger partial charge in [0, 0.05) is 0 Å². The molecule has 4 aromatic rings. The Balaban J connectivity index is 0.000000137. The van der Waals surface area contributed by atoms with Gasteiger partial charge in [0.25, 0.3) is 0 Å². The molecule has 0 radical (unpaired) electrons. The van der Waals surface area contributed by atoms with Crippen molar-refractivity contribution in [1.82, 2.24) is 0 Å². The Morgan fingerprint density at radius 3 is 1.34 bits per heavy atom. The van der Waals surface area contributed by atoms with E-state index in [-0.39, 0.29) is 26.2 Å². The van der Waals surface area contributed by atoms with Crippen molar-refractivity contribution in [2.75, 3.05) is 0 Å². The minimum atomic E-state index is 0. The quantitative estimate of drug-likeness (QED) is 0.248. The molecular weight excluding hydrogens is 428 g/mol. The Morgan fingerprint density at radius 2 is 0.897 bits per heavy atom. The summed E-state index contributed by atoms with van der Waals surface area (Å²) in [6, 6.07) is 36.5. The van der Waals surface area contributed by atoms with Crippen LogP contribution >= 0.6 is 0 Å². The fraction of sp³-hybridized carbons (Fsp3) is 0.143. The van der Waals surface area contributed by atoms with Crippen LogP contribution in [-0.4, -0.2) is 0 Å². The third-order valence-corrected chi connectivity index (χ3v) is 6.08. The van der Waals surface area contributed by atoms with E-state index in [2.05, 4.69) is 98.8 Å². The van der Waals surface area contributed by atoms with Gasteiger partial charge in [-0.25, -0.2) is 0 Å². The Labute approximate surface area is 192 Å². The summed E-state index contributed by atoms with van der Waals surface area (Å²) in [6.07, 6.45) is 0. The summed E-state index contributed by atoms with van der Waals surface area (Å²) in [5.74, 6) is 1.00. The fourth-order valence-corrected chi connectivity index (χ4v) is 4.64. The van der Waals surface area contributed by atoms with Crippen LogP contribution in [0, 0.1) is 12.1 Å². The molecule has 0 saturated carbocycles. The van der Waals surface area contributed by atoms with Crippen LogP contribution in [0.2, 0.25) is 0 Å². The van der Waals surface area contributed by atoms with E-state index in [9.17, 15) is 0 Å². The second-order valence-corrected chi connectivity index (χ2v) is 7.61. The van der Waals surface area contributed by atoms with Crippen molar-refractivity contribution in [3.63, 3.8) is 0 Å². The molecular formula is C28H22Zr. The van der Waals surface area contributed by atoms with E-state index in [1.165, 1.54) is 44.5 Å². The van der Waals surface area contributed by atoms with Gasteiger partial charge < -0.3 is 0 Å². The van der Waals surface area contributed by atoms with E-state index < -0.39 is 0 Å². The van der Waals surface area contributed by atoms with Gasteiger partial charge in [0.05, 0.1) is 0 Å². The molecule has 138 valence electrons. The first kappa shape index (κ1) is 20.1. The SMILES string of the molecule is CC1c2[c-]cccc2-c2ccccc21.CC1c2[c-]cccc2-c2ccccc21.[Zr+2]. The van der Waals surface area contributed by atoms with Crippen molar-refractivity contribution in [2.24, 2.45) is 0 Å². The van der Waals surface area contributed by atoms with Crippen molar-refractivity contribution in [3.05, 3.63) is 119 Å². The van der Waals surface area contributed by atoms with Crippen LogP contribution in [0.3, 0.4) is 0 Å². The predicted molar refractivity (Wildman–Crippen MR) is 116 cm³/mol. The molecule has 6 rings (SSSR count). The number of rotatable bonds is 0. The van der Waals surface area contributed by atoms with Crippen molar-refractivity contribution in [3.8, 4) is 22.3 Å². The molecule has 29 heavy (non-hydrogen) atoms. The smallest absolute Gasteiger partial charge is 0.179 e. The average Bonchev–Trinajstić information content (AvgIpc) is 3.22. The van der Waals surface area contributed by atoms with Crippen LogP contribution in [0.25, 0.3) is 22.3 Å². The molecule has 0 amide bonds. The van der Waals surface area contributed by atoms with E-state index in [0.29, 0.717) is 11.8 Å². The zero-order chi connectivity index (χ0) is 19.1. The van der Waals surface area contributed by atoms with Crippen molar-refractivity contribution in [1.29, 1.82) is 0 Å². The summed E-state index contributed by atoms with van der Waals surface area (Å²) in [5.41, 5.74) is 11.0. The van der Waals surface area contributed by atoms with Gasteiger partial charge in [0.2, 0.25) is 0 Å². The van der Waals surface area contributed by atoms with Crippen LogP contribution in [0.1, 0.15) is 47.9 Å². The van der Waals surface area contributed by atoms with Crippen LogP contribution in [-0.2, 0) is 26.2 Å². The minimum absolute atomic E-state index is 0. The van der Waals surface area contributed by atoms with Crippen LogP contribution in [0.15, 0.2) is 84.9 Å². The molecule has 0 fully saturated rings. The summed E-state index contributed by atoms with van der Waals surface area (Å²) < 4.78 is 0. The monoisotopic (exact) mass is 448 g/mol. The predicted octanol–water partition coefficient (Wildman–Crippen LogP) is 7.24. The number of fused-ring (bicyclic) bond motifs is 6. The molecule has 2 unspecified atom stereocenters. The van der Waals surface area contributed by atoms with Crippen molar-refractivity contribution >= 4 is 0 Å². The van der Waals surface area contributed by atoms with Gasteiger partial charge in [-0.05, 0) is 23.0 Å². The Kier molecular flexibility index (Phi) is 5.70. The Morgan fingerprint density at radius 1 is 0.517 bits per heavy atom. The van der Waals surface area contributed by atoms with Gasteiger partial charge in [-0.15, -0.1) is 22.3 Å². The second kappa shape index (κ2) is 8.25. The second-order valence-electron chi connectivity index (χ2n) is 7.61. The summed E-state index contributed by atoms with van der Waals surface area (Å²) >= 11 is 0. The molecule has 2 atom stereocenters. The Bertz CT molecular complexity index is 974. The van der Waals surface area contributed by atoms with Gasteiger partial charge in [-0.1, -0.05) is 73.5 Å². The zero-order valence-electron chi connectivity index (χ0n) is 16.7. The maximum atomic E-state index is 3.35. The standard InChI is InChI=1S/2C14H11.Zr/c2*1-10-11-6-2-4-8-13(11)14-9-5-3-7-12(10)14;/h2*2-6,8-10H,1H3;/q2*-1;+2. The number of hydrogen-bond acceptors (Lipinski definition) is 0. The van der Waals surface area contributed by atoms with E-state index in [1.807, 2.05) is 12.1 Å². The first-order chi connectivity index (χ1) is 13.8.